The Hall–Kier alpha value is -2.05. The van der Waals surface area contributed by atoms with Gasteiger partial charge in [-0.15, -0.1) is 11.3 Å². The molecular formula is C20H25N3O2S. The van der Waals surface area contributed by atoms with Gasteiger partial charge in [-0.25, -0.2) is 0 Å². The van der Waals surface area contributed by atoms with Crippen LogP contribution < -0.4 is 4.90 Å². The Morgan fingerprint density at radius 3 is 2.54 bits per heavy atom. The van der Waals surface area contributed by atoms with Crippen molar-refractivity contribution < 1.29 is 9.90 Å². The fourth-order valence-corrected chi connectivity index (χ4v) is 4.87. The zero-order chi connectivity index (χ0) is 17.9. The molecular weight excluding hydrogens is 346 g/mol. The van der Waals surface area contributed by atoms with Gasteiger partial charge in [0.2, 0.25) is 5.91 Å². The van der Waals surface area contributed by atoms with Gasteiger partial charge >= 0.3 is 0 Å². The summed E-state index contributed by atoms with van der Waals surface area (Å²) in [6, 6.07) is 12.0. The van der Waals surface area contributed by atoms with Crippen LogP contribution in [0, 0.1) is 0 Å². The van der Waals surface area contributed by atoms with Gasteiger partial charge in [-0.2, -0.15) is 0 Å². The number of hydrogen-bond acceptors (Lipinski definition) is 5. The third kappa shape index (κ3) is 3.71. The third-order valence-corrected chi connectivity index (χ3v) is 6.39. The van der Waals surface area contributed by atoms with Gasteiger partial charge in [-0.05, 0) is 55.1 Å². The third-order valence-electron chi connectivity index (χ3n) is 5.42. The maximum absolute atomic E-state index is 12.8. The van der Waals surface area contributed by atoms with Crippen molar-refractivity contribution >= 4 is 22.9 Å². The number of aromatic hydroxyl groups is 1. The van der Waals surface area contributed by atoms with Crippen molar-refractivity contribution in [2.45, 2.75) is 18.9 Å². The Morgan fingerprint density at radius 1 is 1.08 bits per heavy atom. The second-order valence-electron chi connectivity index (χ2n) is 7.03. The molecule has 138 valence electrons. The first-order valence-electron chi connectivity index (χ1n) is 9.30. The van der Waals surface area contributed by atoms with E-state index >= 15 is 0 Å². The first-order valence-corrected chi connectivity index (χ1v) is 10.2. The van der Waals surface area contributed by atoms with Gasteiger partial charge < -0.3 is 14.9 Å². The normalized spacial score (nSPS) is 21.3. The van der Waals surface area contributed by atoms with Gasteiger partial charge in [0.1, 0.15) is 5.75 Å². The number of phenolic OH excluding ortho intramolecular Hbond substituents is 1. The van der Waals surface area contributed by atoms with Gasteiger partial charge in [0.05, 0.1) is 6.54 Å². The summed E-state index contributed by atoms with van der Waals surface area (Å²) < 4.78 is 0. The largest absolute Gasteiger partial charge is 0.508 e. The van der Waals surface area contributed by atoms with Crippen LogP contribution in [0.3, 0.4) is 0 Å². The molecule has 2 aliphatic rings. The Balaban J connectivity index is 1.31. The molecule has 0 spiro atoms. The number of likely N-dealkylation sites (tertiary alicyclic amines) is 1. The zero-order valence-electron chi connectivity index (χ0n) is 14.9. The molecule has 0 bridgehead atoms. The molecule has 4 rings (SSSR count). The highest BCUT2D eigenvalue weighted by atomic mass is 32.1. The molecule has 1 N–H and O–H groups in total. The summed E-state index contributed by atoms with van der Waals surface area (Å²) in [5, 5.41) is 11.5. The van der Waals surface area contributed by atoms with E-state index < -0.39 is 0 Å². The van der Waals surface area contributed by atoms with Crippen molar-refractivity contribution in [3.05, 3.63) is 46.7 Å². The average molecular weight is 372 g/mol. The predicted molar refractivity (Wildman–Crippen MR) is 105 cm³/mol. The molecule has 0 unspecified atom stereocenters. The minimum Gasteiger partial charge on any atom is -0.508 e. The number of amides is 1. The summed E-state index contributed by atoms with van der Waals surface area (Å²) >= 11 is 1.79. The Bertz CT molecular complexity index is 724. The SMILES string of the molecule is O=C(CN1CCC[C@@H]1c1cccs1)N1CCN(c2ccc(O)cc2)CC1. The summed E-state index contributed by atoms with van der Waals surface area (Å²) in [5.41, 5.74) is 1.10. The quantitative estimate of drug-likeness (QED) is 0.898. The van der Waals surface area contributed by atoms with E-state index in [0.717, 1.165) is 44.8 Å². The number of benzene rings is 1. The fourth-order valence-electron chi connectivity index (χ4n) is 3.97. The van der Waals surface area contributed by atoms with Crippen LogP contribution in [0.25, 0.3) is 0 Å². The molecule has 0 aliphatic carbocycles. The molecule has 0 radical (unpaired) electrons. The maximum atomic E-state index is 12.8. The smallest absolute Gasteiger partial charge is 0.236 e. The maximum Gasteiger partial charge on any atom is 0.236 e. The number of nitrogens with zero attached hydrogens (tertiary/aromatic N) is 3. The van der Waals surface area contributed by atoms with Crippen molar-refractivity contribution in [3.63, 3.8) is 0 Å². The lowest BCUT2D eigenvalue weighted by Crippen LogP contribution is -2.51. The second-order valence-corrected chi connectivity index (χ2v) is 8.01. The molecule has 1 aromatic heterocycles. The van der Waals surface area contributed by atoms with Crippen LogP contribution in [0.1, 0.15) is 23.8 Å². The summed E-state index contributed by atoms with van der Waals surface area (Å²) in [6.45, 7) is 4.74. The lowest BCUT2D eigenvalue weighted by atomic mass is 10.2. The highest BCUT2D eigenvalue weighted by molar-refractivity contribution is 7.10. The zero-order valence-corrected chi connectivity index (χ0v) is 15.7. The van der Waals surface area contributed by atoms with Crippen molar-refractivity contribution in [3.8, 4) is 5.75 Å². The molecule has 1 aromatic carbocycles. The first kappa shape index (κ1) is 17.4. The fraction of sp³-hybridized carbons (Fsp3) is 0.450. The van der Waals surface area contributed by atoms with Gasteiger partial charge in [-0.3, -0.25) is 9.69 Å². The lowest BCUT2D eigenvalue weighted by Gasteiger charge is -2.37. The highest BCUT2D eigenvalue weighted by Crippen LogP contribution is 2.34. The van der Waals surface area contributed by atoms with Crippen LogP contribution in [0.4, 0.5) is 5.69 Å². The lowest BCUT2D eigenvalue weighted by molar-refractivity contribution is -0.133. The van der Waals surface area contributed by atoms with Crippen molar-refractivity contribution in [1.29, 1.82) is 0 Å². The van der Waals surface area contributed by atoms with Crippen LogP contribution in [0.2, 0.25) is 0 Å². The summed E-state index contributed by atoms with van der Waals surface area (Å²) in [6.07, 6.45) is 2.33. The monoisotopic (exact) mass is 371 g/mol. The van der Waals surface area contributed by atoms with E-state index in [-0.39, 0.29) is 11.7 Å². The van der Waals surface area contributed by atoms with Crippen LogP contribution in [-0.4, -0.2) is 60.1 Å². The molecule has 3 heterocycles. The minimum atomic E-state index is 0.249. The topological polar surface area (TPSA) is 47.0 Å². The standard InChI is InChI=1S/C20H25N3O2S/c24-17-7-5-16(6-8-17)21-10-12-22(13-11-21)20(25)15-23-9-1-3-18(23)19-4-2-14-26-19/h2,4-8,14,18,24H,1,3,9-13,15H2/t18-/m1/s1. The number of thiophene rings is 1. The second kappa shape index (κ2) is 7.68. The number of carbonyl (C=O) groups is 1. The van der Waals surface area contributed by atoms with E-state index in [9.17, 15) is 9.90 Å². The van der Waals surface area contributed by atoms with Crippen LogP contribution in [-0.2, 0) is 4.79 Å². The molecule has 1 amide bonds. The Kier molecular flexibility index (Phi) is 5.13. The molecule has 1 atom stereocenters. The van der Waals surface area contributed by atoms with E-state index in [1.807, 2.05) is 17.0 Å². The van der Waals surface area contributed by atoms with Gasteiger partial charge in [0.15, 0.2) is 0 Å². The minimum absolute atomic E-state index is 0.249. The molecule has 2 fully saturated rings. The molecule has 26 heavy (non-hydrogen) atoms. The van der Waals surface area contributed by atoms with E-state index in [2.05, 4.69) is 27.3 Å². The van der Waals surface area contributed by atoms with Crippen molar-refractivity contribution in [2.24, 2.45) is 0 Å². The van der Waals surface area contributed by atoms with Gasteiger partial charge in [-0.1, -0.05) is 6.07 Å². The highest BCUT2D eigenvalue weighted by Gasteiger charge is 2.30. The van der Waals surface area contributed by atoms with E-state index in [1.54, 1.807) is 23.5 Å². The van der Waals surface area contributed by atoms with E-state index in [1.165, 1.54) is 11.3 Å². The summed E-state index contributed by atoms with van der Waals surface area (Å²) in [4.78, 5) is 20.8. The average Bonchev–Trinajstić information content (AvgIpc) is 3.34. The van der Waals surface area contributed by atoms with Crippen LogP contribution >= 0.6 is 11.3 Å². The first-order chi connectivity index (χ1) is 12.7. The van der Waals surface area contributed by atoms with Crippen LogP contribution in [0.15, 0.2) is 41.8 Å². The van der Waals surface area contributed by atoms with Gasteiger partial charge in [0.25, 0.3) is 0 Å². The molecule has 0 saturated carbocycles. The molecule has 5 nitrogen and oxygen atoms in total. The number of piperazine rings is 1. The van der Waals surface area contributed by atoms with Crippen LogP contribution in [0.5, 0.6) is 5.75 Å². The number of anilines is 1. The predicted octanol–water partition coefficient (Wildman–Crippen LogP) is 2.94. The number of rotatable bonds is 4. The molecule has 6 heteroatoms. The van der Waals surface area contributed by atoms with E-state index in [0.29, 0.717) is 12.6 Å². The van der Waals surface area contributed by atoms with Gasteiger partial charge in [0, 0.05) is 42.8 Å². The summed E-state index contributed by atoms with van der Waals surface area (Å²) in [5.74, 6) is 0.535. The molecule has 2 aromatic rings. The Labute approximate surface area is 158 Å². The van der Waals surface area contributed by atoms with Crippen molar-refractivity contribution in [2.75, 3.05) is 44.2 Å². The number of hydrogen-bond donors (Lipinski definition) is 1. The number of carbonyl (C=O) groups excluding carboxylic acids is 1. The number of phenols is 1. The van der Waals surface area contributed by atoms with Crippen molar-refractivity contribution in [1.82, 2.24) is 9.80 Å². The molecule has 2 saturated heterocycles. The van der Waals surface area contributed by atoms with E-state index in [4.69, 9.17) is 0 Å². The summed E-state index contributed by atoms with van der Waals surface area (Å²) in [7, 11) is 0. The molecule has 2 aliphatic heterocycles. The Morgan fingerprint density at radius 2 is 1.85 bits per heavy atom.